The Bertz CT molecular complexity index is 877. The summed E-state index contributed by atoms with van der Waals surface area (Å²) in [6.07, 6.45) is 5.32. The second kappa shape index (κ2) is 6.19. The first-order chi connectivity index (χ1) is 11.4. The molecular weight excluding hydrogens is 307 g/mol. The van der Waals surface area contributed by atoms with Crippen LogP contribution in [0.3, 0.4) is 0 Å². The fourth-order valence-electron chi connectivity index (χ4n) is 3.21. The number of aryl methyl sites for hydroxylation is 2. The van der Waals surface area contributed by atoms with Gasteiger partial charge in [0.25, 0.3) is 0 Å². The van der Waals surface area contributed by atoms with E-state index < -0.39 is 7.40 Å². The summed E-state index contributed by atoms with van der Waals surface area (Å²) in [5.41, 5.74) is 5.85. The number of aliphatic imine (C=N–C) groups is 1. The lowest BCUT2D eigenvalue weighted by Crippen LogP contribution is -2.18. The first kappa shape index (κ1) is 16.4. The highest BCUT2D eigenvalue weighted by atomic mass is 19.2. The van der Waals surface area contributed by atoms with E-state index in [0.29, 0.717) is 17.0 Å². The lowest BCUT2D eigenvalue weighted by Gasteiger charge is -2.16. The molecule has 0 aromatic carbocycles. The molecule has 0 fully saturated rings. The van der Waals surface area contributed by atoms with Gasteiger partial charge in [0.05, 0.1) is 5.70 Å². The highest BCUT2D eigenvalue weighted by Crippen LogP contribution is 2.36. The first-order valence-corrected chi connectivity index (χ1v) is 7.75. The van der Waals surface area contributed by atoms with Gasteiger partial charge in [-0.1, -0.05) is 6.07 Å². The van der Waals surface area contributed by atoms with Gasteiger partial charge in [0, 0.05) is 40.6 Å². The number of nitrogens with zero attached hydrogens (tertiary/aromatic N) is 3. The van der Waals surface area contributed by atoms with Crippen molar-refractivity contribution in [3.05, 3.63) is 70.5 Å². The minimum absolute atomic E-state index is 0.497. The molecule has 1 aliphatic rings. The second-order valence-electron chi connectivity index (χ2n) is 6.01. The quantitative estimate of drug-likeness (QED) is 0.767. The van der Waals surface area contributed by atoms with Gasteiger partial charge in [-0.15, -0.1) is 0 Å². The van der Waals surface area contributed by atoms with Crippen molar-refractivity contribution in [2.24, 2.45) is 4.99 Å². The van der Waals surface area contributed by atoms with Gasteiger partial charge in [0.1, 0.15) is 0 Å². The number of aromatic nitrogens is 2. The third-order valence-electron chi connectivity index (χ3n) is 4.13. The molecule has 0 unspecified atom stereocenters. The predicted octanol–water partition coefficient (Wildman–Crippen LogP) is 4.45. The number of pyridine rings is 1. The maximum absolute atomic E-state index is 13.7. The summed E-state index contributed by atoms with van der Waals surface area (Å²) in [5, 5.41) is 0. The number of halogens is 2. The van der Waals surface area contributed by atoms with Crippen molar-refractivity contribution < 1.29 is 8.63 Å². The zero-order chi connectivity index (χ0) is 17.4. The highest BCUT2D eigenvalue weighted by Gasteiger charge is 2.29. The van der Waals surface area contributed by atoms with Gasteiger partial charge in [0.2, 0.25) is 0 Å². The van der Waals surface area contributed by atoms with Gasteiger partial charge in [-0.2, -0.15) is 0 Å². The van der Waals surface area contributed by atoms with Crippen LogP contribution in [-0.4, -0.2) is 22.6 Å². The zero-order valence-corrected chi connectivity index (χ0v) is 14.1. The Kier molecular flexibility index (Phi) is 4.22. The second-order valence-corrected chi connectivity index (χ2v) is 6.01. The molecule has 2 aromatic heterocycles. The molecule has 0 N–H and O–H groups in total. The van der Waals surface area contributed by atoms with E-state index in [1.165, 1.54) is 0 Å². The van der Waals surface area contributed by atoms with E-state index in [2.05, 4.69) is 9.98 Å². The lowest BCUT2D eigenvalue weighted by atomic mass is 9.96. The molecular formula is C18H18BF2N3. The average molecular weight is 325 g/mol. The van der Waals surface area contributed by atoms with Gasteiger partial charge in [-0.25, -0.2) is 0 Å². The van der Waals surface area contributed by atoms with Crippen LogP contribution in [0.4, 0.5) is 8.63 Å². The largest absolute Gasteiger partial charge is 0.677 e. The maximum atomic E-state index is 13.7. The van der Waals surface area contributed by atoms with Gasteiger partial charge < -0.3 is 4.48 Å². The van der Waals surface area contributed by atoms with Crippen LogP contribution in [0.25, 0.3) is 5.57 Å². The monoisotopic (exact) mass is 325 g/mol. The fraction of sp³-hybridized carbons (Fsp3) is 0.222. The Morgan fingerprint density at radius 2 is 1.92 bits per heavy atom. The Morgan fingerprint density at radius 1 is 1.17 bits per heavy atom. The van der Waals surface area contributed by atoms with Gasteiger partial charge in [-0.3, -0.25) is 18.6 Å². The van der Waals surface area contributed by atoms with E-state index in [1.807, 2.05) is 32.9 Å². The zero-order valence-electron chi connectivity index (χ0n) is 14.1. The van der Waals surface area contributed by atoms with Crippen LogP contribution in [0.1, 0.15) is 36.4 Å². The van der Waals surface area contributed by atoms with E-state index in [-0.39, 0.29) is 0 Å². The molecule has 0 bridgehead atoms. The summed E-state index contributed by atoms with van der Waals surface area (Å²) in [6.45, 7) is 7.40. The summed E-state index contributed by atoms with van der Waals surface area (Å²) in [5.74, 6) is 0. The molecule has 0 spiro atoms. The molecule has 0 atom stereocenters. The topological polar surface area (TPSA) is 30.2 Å². The fourth-order valence-corrected chi connectivity index (χ4v) is 3.21. The molecule has 0 aliphatic carbocycles. The Morgan fingerprint density at radius 3 is 2.46 bits per heavy atom. The van der Waals surface area contributed by atoms with Gasteiger partial charge in [-0.05, 0) is 57.0 Å². The SMILES string of the molecule is CC1=CC(C)=N/C1=C(/c1cccnc1)c1c(C)cc(C)n1B(F)F. The van der Waals surface area contributed by atoms with Crippen LogP contribution in [0.2, 0.25) is 0 Å². The summed E-state index contributed by atoms with van der Waals surface area (Å²) >= 11 is 0. The van der Waals surface area contributed by atoms with E-state index >= 15 is 0 Å². The normalized spacial score (nSPS) is 16.1. The summed E-state index contributed by atoms with van der Waals surface area (Å²) in [4.78, 5) is 8.75. The molecule has 6 heteroatoms. The minimum Gasteiger partial charge on any atom is -0.329 e. The molecule has 24 heavy (non-hydrogen) atoms. The standard InChI is InChI=1S/C18H18BF2N3/c1-11-8-13(3)23-17(11)16(15-6-5-7-22-10-15)18-12(2)9-14(4)24(18)19(20)21/h5-10H,1-4H3/b17-16-. The number of allylic oxidation sites excluding steroid dienone is 2. The van der Waals surface area contributed by atoms with Crippen molar-refractivity contribution in [2.45, 2.75) is 27.7 Å². The van der Waals surface area contributed by atoms with Crippen LogP contribution in [0, 0.1) is 13.8 Å². The first-order valence-electron chi connectivity index (χ1n) is 7.75. The molecule has 0 amide bonds. The predicted molar refractivity (Wildman–Crippen MR) is 94.4 cm³/mol. The van der Waals surface area contributed by atoms with Crippen molar-refractivity contribution in [3.63, 3.8) is 0 Å². The summed E-state index contributed by atoms with van der Waals surface area (Å²) in [7, 11) is -2.61. The van der Waals surface area contributed by atoms with Crippen molar-refractivity contribution in [2.75, 3.05) is 0 Å². The van der Waals surface area contributed by atoms with E-state index in [0.717, 1.165) is 32.6 Å². The number of rotatable bonds is 3. The smallest absolute Gasteiger partial charge is 0.329 e. The molecule has 3 heterocycles. The maximum Gasteiger partial charge on any atom is 0.677 e. The highest BCUT2D eigenvalue weighted by molar-refractivity contribution is 6.41. The molecule has 3 nitrogen and oxygen atoms in total. The van der Waals surface area contributed by atoms with Crippen molar-refractivity contribution in [1.29, 1.82) is 0 Å². The Hall–Kier alpha value is -2.50. The molecule has 2 aromatic rings. The van der Waals surface area contributed by atoms with Crippen LogP contribution >= 0.6 is 0 Å². The van der Waals surface area contributed by atoms with Crippen molar-refractivity contribution >= 4 is 18.7 Å². The molecule has 0 radical (unpaired) electrons. The molecule has 0 saturated heterocycles. The minimum atomic E-state index is -2.61. The van der Waals surface area contributed by atoms with E-state index in [4.69, 9.17) is 0 Å². The van der Waals surface area contributed by atoms with Crippen LogP contribution in [0.5, 0.6) is 0 Å². The van der Waals surface area contributed by atoms with Crippen molar-refractivity contribution in [1.82, 2.24) is 9.46 Å². The Labute approximate surface area is 140 Å². The third-order valence-corrected chi connectivity index (χ3v) is 4.13. The summed E-state index contributed by atoms with van der Waals surface area (Å²) in [6, 6.07) is 5.46. The third kappa shape index (κ3) is 2.73. The molecule has 3 rings (SSSR count). The molecule has 122 valence electrons. The average Bonchev–Trinajstić information content (AvgIpc) is 3.00. The summed E-state index contributed by atoms with van der Waals surface area (Å²) < 4.78 is 28.5. The van der Waals surface area contributed by atoms with E-state index in [1.54, 1.807) is 31.5 Å². The Balaban J connectivity index is 2.39. The van der Waals surface area contributed by atoms with Gasteiger partial charge >= 0.3 is 7.40 Å². The van der Waals surface area contributed by atoms with Crippen molar-refractivity contribution in [3.8, 4) is 0 Å². The van der Waals surface area contributed by atoms with Crippen LogP contribution in [0.15, 0.2) is 52.9 Å². The lowest BCUT2D eigenvalue weighted by molar-refractivity contribution is 0.624. The van der Waals surface area contributed by atoms with Crippen LogP contribution < -0.4 is 0 Å². The number of hydrogen-bond acceptors (Lipinski definition) is 2. The van der Waals surface area contributed by atoms with E-state index in [9.17, 15) is 8.63 Å². The van der Waals surface area contributed by atoms with Gasteiger partial charge in [0.15, 0.2) is 0 Å². The van der Waals surface area contributed by atoms with Crippen LogP contribution in [-0.2, 0) is 0 Å². The number of hydrogen-bond donors (Lipinski definition) is 0. The molecule has 1 aliphatic heterocycles. The molecule has 0 saturated carbocycles.